The number of halogens is 3. The molecule has 0 aromatic carbocycles. The number of nitrogens with zero attached hydrogens (tertiary/aromatic N) is 1. The molecule has 1 heterocycles. The van der Waals surface area contributed by atoms with Gasteiger partial charge in [0.15, 0.2) is 0 Å². The Morgan fingerprint density at radius 3 is 2.50 bits per heavy atom. The molecule has 0 aliphatic carbocycles. The Kier molecular flexibility index (Phi) is 4.29. The van der Waals surface area contributed by atoms with E-state index in [9.17, 15) is 13.2 Å². The summed E-state index contributed by atoms with van der Waals surface area (Å²) in [5.74, 6) is -1.44. The minimum atomic E-state index is -4.21. The highest BCUT2D eigenvalue weighted by molar-refractivity contribution is 5.19. The van der Waals surface area contributed by atoms with Crippen LogP contribution >= 0.6 is 0 Å². The third-order valence-corrected chi connectivity index (χ3v) is 2.41. The van der Waals surface area contributed by atoms with Crippen LogP contribution in [0, 0.1) is 6.92 Å². The van der Waals surface area contributed by atoms with Gasteiger partial charge in [-0.2, -0.15) is 13.2 Å². The molecule has 1 atom stereocenters. The lowest BCUT2D eigenvalue weighted by Gasteiger charge is -2.20. The molecule has 0 fully saturated rings. The molecule has 5 heteroatoms. The van der Waals surface area contributed by atoms with E-state index in [1.807, 2.05) is 0 Å². The molecule has 0 aliphatic heterocycles. The van der Waals surface area contributed by atoms with Gasteiger partial charge in [0.2, 0.25) is 0 Å². The largest absolute Gasteiger partial charge is 0.395 e. The first-order valence-corrected chi connectivity index (χ1v) is 5.09. The number of hydrogen-bond donors (Lipinski definition) is 1. The van der Waals surface area contributed by atoms with E-state index in [1.165, 1.54) is 12.3 Å². The van der Waals surface area contributed by atoms with E-state index in [4.69, 9.17) is 0 Å². The molecule has 1 aromatic rings. The first-order chi connectivity index (χ1) is 7.45. The number of pyridine rings is 1. The van der Waals surface area contributed by atoms with Gasteiger partial charge in [0.1, 0.15) is 0 Å². The van der Waals surface area contributed by atoms with E-state index >= 15 is 0 Å². The van der Waals surface area contributed by atoms with Crippen LogP contribution in [0.15, 0.2) is 18.3 Å². The number of aryl methyl sites for hydroxylation is 1. The molecule has 2 nitrogen and oxygen atoms in total. The lowest BCUT2D eigenvalue weighted by atomic mass is 9.96. The standard InChI is InChI=1S/C11H15F3N2/c1-8-3-4-9(7-16-8)10(5-6-15-2)11(12,13)14/h3-4,7,10,15H,5-6H2,1-2H3. The van der Waals surface area contributed by atoms with Crippen molar-refractivity contribution in [1.82, 2.24) is 10.3 Å². The van der Waals surface area contributed by atoms with Crippen LogP contribution in [-0.4, -0.2) is 24.8 Å². The normalized spacial score (nSPS) is 13.8. The Morgan fingerprint density at radius 1 is 1.38 bits per heavy atom. The second kappa shape index (κ2) is 5.30. The van der Waals surface area contributed by atoms with Crippen molar-refractivity contribution in [2.45, 2.75) is 25.4 Å². The lowest BCUT2D eigenvalue weighted by Crippen LogP contribution is -2.24. The second-order valence-corrected chi connectivity index (χ2v) is 3.72. The van der Waals surface area contributed by atoms with Crippen molar-refractivity contribution in [3.8, 4) is 0 Å². The van der Waals surface area contributed by atoms with E-state index in [1.54, 1.807) is 20.0 Å². The number of alkyl halides is 3. The van der Waals surface area contributed by atoms with Crippen molar-refractivity contribution in [1.29, 1.82) is 0 Å². The van der Waals surface area contributed by atoms with E-state index in [0.717, 1.165) is 5.69 Å². The quantitative estimate of drug-likeness (QED) is 0.863. The summed E-state index contributed by atoms with van der Waals surface area (Å²) in [6.07, 6.45) is -2.87. The fourth-order valence-electron chi connectivity index (χ4n) is 1.49. The van der Waals surface area contributed by atoms with Crippen LogP contribution in [0.4, 0.5) is 13.2 Å². The van der Waals surface area contributed by atoms with Crippen LogP contribution in [0.2, 0.25) is 0 Å². The van der Waals surface area contributed by atoms with Gasteiger partial charge in [0, 0.05) is 11.9 Å². The van der Waals surface area contributed by atoms with Gasteiger partial charge < -0.3 is 5.32 Å². The summed E-state index contributed by atoms with van der Waals surface area (Å²) in [6.45, 7) is 2.08. The monoisotopic (exact) mass is 232 g/mol. The average Bonchev–Trinajstić information content (AvgIpc) is 2.19. The maximum absolute atomic E-state index is 12.8. The van der Waals surface area contributed by atoms with Crippen molar-refractivity contribution < 1.29 is 13.2 Å². The summed E-state index contributed by atoms with van der Waals surface area (Å²) in [5, 5.41) is 2.73. The van der Waals surface area contributed by atoms with Gasteiger partial charge in [-0.15, -0.1) is 0 Å². The highest BCUT2D eigenvalue weighted by Crippen LogP contribution is 2.36. The Hall–Kier alpha value is -1.10. The van der Waals surface area contributed by atoms with Gasteiger partial charge in [0.05, 0.1) is 5.92 Å². The van der Waals surface area contributed by atoms with Crippen molar-refractivity contribution in [3.05, 3.63) is 29.6 Å². The minimum Gasteiger partial charge on any atom is -0.320 e. The second-order valence-electron chi connectivity index (χ2n) is 3.72. The maximum atomic E-state index is 12.8. The number of nitrogens with one attached hydrogen (secondary N) is 1. The summed E-state index contributed by atoms with van der Waals surface area (Å²) >= 11 is 0. The Balaban J connectivity index is 2.88. The summed E-state index contributed by atoms with van der Waals surface area (Å²) < 4.78 is 38.3. The number of aromatic nitrogens is 1. The third kappa shape index (κ3) is 3.48. The predicted molar refractivity (Wildman–Crippen MR) is 56.3 cm³/mol. The molecule has 0 aliphatic rings. The van der Waals surface area contributed by atoms with Gasteiger partial charge in [-0.25, -0.2) is 0 Å². The summed E-state index contributed by atoms with van der Waals surface area (Å²) in [6, 6.07) is 3.10. The molecule has 16 heavy (non-hydrogen) atoms. The van der Waals surface area contributed by atoms with Crippen LogP contribution in [0.25, 0.3) is 0 Å². The molecule has 0 radical (unpaired) electrons. The van der Waals surface area contributed by atoms with Crippen molar-refractivity contribution >= 4 is 0 Å². The zero-order chi connectivity index (χ0) is 12.2. The van der Waals surface area contributed by atoms with E-state index in [0.29, 0.717) is 6.54 Å². The summed E-state index contributed by atoms with van der Waals surface area (Å²) in [5.41, 5.74) is 0.951. The van der Waals surface area contributed by atoms with Crippen LogP contribution < -0.4 is 5.32 Å². The van der Waals surface area contributed by atoms with Gasteiger partial charge >= 0.3 is 6.18 Å². The maximum Gasteiger partial charge on any atom is 0.395 e. The SMILES string of the molecule is CNCCC(c1ccc(C)nc1)C(F)(F)F. The molecule has 1 N–H and O–H groups in total. The molecule has 0 saturated carbocycles. The highest BCUT2D eigenvalue weighted by Gasteiger charge is 2.40. The van der Waals surface area contributed by atoms with Crippen LogP contribution in [0.3, 0.4) is 0 Å². The molecule has 0 amide bonds. The van der Waals surface area contributed by atoms with E-state index < -0.39 is 12.1 Å². The Labute approximate surface area is 92.9 Å². The smallest absolute Gasteiger partial charge is 0.320 e. The van der Waals surface area contributed by atoms with Gasteiger partial charge in [0.25, 0.3) is 0 Å². The predicted octanol–water partition coefficient (Wildman–Crippen LogP) is 2.65. The molecule has 1 rings (SSSR count). The van der Waals surface area contributed by atoms with Crippen molar-refractivity contribution in [2.75, 3.05) is 13.6 Å². The number of rotatable bonds is 4. The molecular weight excluding hydrogens is 217 g/mol. The molecule has 1 unspecified atom stereocenters. The summed E-state index contributed by atoms with van der Waals surface area (Å²) in [7, 11) is 1.64. The lowest BCUT2D eigenvalue weighted by molar-refractivity contribution is -0.151. The Morgan fingerprint density at radius 2 is 2.06 bits per heavy atom. The fourth-order valence-corrected chi connectivity index (χ4v) is 1.49. The fraction of sp³-hybridized carbons (Fsp3) is 0.545. The third-order valence-electron chi connectivity index (χ3n) is 2.41. The molecule has 0 spiro atoms. The highest BCUT2D eigenvalue weighted by atomic mass is 19.4. The van der Waals surface area contributed by atoms with Gasteiger partial charge in [-0.3, -0.25) is 4.98 Å². The van der Waals surface area contributed by atoms with E-state index in [2.05, 4.69) is 10.3 Å². The molecule has 0 bridgehead atoms. The first kappa shape index (κ1) is 13.0. The molecule has 0 saturated heterocycles. The van der Waals surface area contributed by atoms with Crippen LogP contribution in [-0.2, 0) is 0 Å². The van der Waals surface area contributed by atoms with Crippen LogP contribution in [0.5, 0.6) is 0 Å². The Bertz CT molecular complexity index is 319. The van der Waals surface area contributed by atoms with Gasteiger partial charge in [-0.05, 0) is 38.6 Å². The molecule has 90 valence electrons. The van der Waals surface area contributed by atoms with Crippen molar-refractivity contribution in [3.63, 3.8) is 0 Å². The first-order valence-electron chi connectivity index (χ1n) is 5.09. The summed E-state index contributed by atoms with van der Waals surface area (Å²) in [4.78, 5) is 3.90. The van der Waals surface area contributed by atoms with Gasteiger partial charge in [-0.1, -0.05) is 6.07 Å². The van der Waals surface area contributed by atoms with E-state index in [-0.39, 0.29) is 12.0 Å². The zero-order valence-corrected chi connectivity index (χ0v) is 9.30. The number of hydrogen-bond acceptors (Lipinski definition) is 2. The minimum absolute atomic E-state index is 0.0325. The zero-order valence-electron chi connectivity index (χ0n) is 9.30. The average molecular weight is 232 g/mol. The van der Waals surface area contributed by atoms with Crippen molar-refractivity contribution in [2.24, 2.45) is 0 Å². The molecular formula is C11H15F3N2. The topological polar surface area (TPSA) is 24.9 Å². The van der Waals surface area contributed by atoms with Crippen LogP contribution in [0.1, 0.15) is 23.6 Å². The molecule has 1 aromatic heterocycles.